The van der Waals surface area contributed by atoms with Crippen molar-refractivity contribution < 1.29 is 29.5 Å². The van der Waals surface area contributed by atoms with Crippen molar-refractivity contribution in [2.75, 3.05) is 7.11 Å². The molecule has 0 aliphatic heterocycles. The van der Waals surface area contributed by atoms with Gasteiger partial charge in [0.25, 0.3) is 0 Å². The molecule has 0 bridgehead atoms. The van der Waals surface area contributed by atoms with Gasteiger partial charge in [0.2, 0.25) is 0 Å². The van der Waals surface area contributed by atoms with E-state index in [4.69, 9.17) is 4.74 Å². The normalized spacial score (nSPS) is 17.1. The van der Waals surface area contributed by atoms with E-state index < -0.39 is 0 Å². The molecule has 2 aromatic carbocycles. The topological polar surface area (TPSA) is 9.23 Å². The molecule has 0 fully saturated rings. The summed E-state index contributed by atoms with van der Waals surface area (Å²) < 4.78 is 6.64. The number of halogens is 2. The maximum atomic E-state index is 6.03. The summed E-state index contributed by atoms with van der Waals surface area (Å²) in [6.45, 7) is 16.1. The molecule has 4 rings (SSSR count). The van der Waals surface area contributed by atoms with Crippen molar-refractivity contribution in [1.29, 1.82) is 0 Å². The van der Waals surface area contributed by atoms with Crippen LogP contribution in [0.4, 0.5) is 0 Å². The van der Waals surface area contributed by atoms with Gasteiger partial charge in [-0.05, 0) is 0 Å². The van der Waals surface area contributed by atoms with Gasteiger partial charge in [-0.25, -0.2) is 0 Å². The molecule has 173 valence electrons. The summed E-state index contributed by atoms with van der Waals surface area (Å²) in [4.78, 5) is 0. The predicted octanol–water partition coefficient (Wildman–Crippen LogP) is 8.29. The minimum atomic E-state index is 0. The number of hydrogen-bond donors (Lipinski definition) is 0. The van der Waals surface area contributed by atoms with Gasteiger partial charge in [0, 0.05) is 0 Å². The fourth-order valence-corrected chi connectivity index (χ4v) is 5.96. The third-order valence-corrected chi connectivity index (χ3v) is 8.69. The summed E-state index contributed by atoms with van der Waals surface area (Å²) in [5.74, 6) is 1.06. The second-order valence-electron chi connectivity index (χ2n) is 11.2. The molecule has 2 aliphatic carbocycles. The van der Waals surface area contributed by atoms with E-state index in [9.17, 15) is 0 Å². The van der Waals surface area contributed by atoms with Crippen molar-refractivity contribution in [3.63, 3.8) is 0 Å². The summed E-state index contributed by atoms with van der Waals surface area (Å²) in [5.41, 5.74) is 13.3. The fraction of sp³-hybridized carbons (Fsp3) is 0.500. The summed E-state index contributed by atoms with van der Waals surface area (Å²) >= 11 is 1.60. The molecule has 2 aliphatic rings. The second-order valence-corrected chi connectivity index (χ2v) is 12.6. The van der Waals surface area contributed by atoms with Crippen molar-refractivity contribution in [2.24, 2.45) is 0 Å². The maximum Gasteiger partial charge on any atom is -0.147 e. The molecule has 0 saturated carbocycles. The van der Waals surface area contributed by atoms with Crippen molar-refractivity contribution in [2.45, 2.75) is 82.2 Å². The number of allylic oxidation sites excluding steroid dienone is 1. The van der Waals surface area contributed by atoms with Crippen molar-refractivity contribution in [1.82, 2.24) is 0 Å². The Morgan fingerprint density at radius 2 is 1.47 bits per heavy atom. The van der Waals surface area contributed by atoms with Crippen LogP contribution in [0.3, 0.4) is 0 Å². The Bertz CT molecular complexity index is 1020. The van der Waals surface area contributed by atoms with E-state index in [2.05, 4.69) is 72.7 Å². The predicted molar refractivity (Wildman–Crippen MR) is 139 cm³/mol. The van der Waals surface area contributed by atoms with Gasteiger partial charge in [-0.1, -0.05) is 0 Å². The number of benzene rings is 2. The maximum absolute atomic E-state index is 6.03. The molecule has 0 radical (unpaired) electrons. The number of methoxy groups -OCH3 is 1. The molecule has 0 N–H and O–H groups in total. The quantitative estimate of drug-likeness (QED) is 0.365. The van der Waals surface area contributed by atoms with E-state index in [-0.39, 0.29) is 35.6 Å². The summed E-state index contributed by atoms with van der Waals surface area (Å²) in [6.07, 6.45) is 6.19. The first-order chi connectivity index (χ1) is 13.9. The van der Waals surface area contributed by atoms with E-state index >= 15 is 0 Å². The molecule has 0 amide bonds. The van der Waals surface area contributed by atoms with Crippen LogP contribution >= 0.6 is 24.8 Å². The minimum absolute atomic E-state index is 0. The van der Waals surface area contributed by atoms with Gasteiger partial charge in [-0.3, -0.25) is 0 Å². The minimum Gasteiger partial charge on any atom is -0.147 e. The Morgan fingerprint density at radius 3 is 1.97 bits per heavy atom. The third kappa shape index (κ3) is 4.67. The van der Waals surface area contributed by atoms with Gasteiger partial charge >= 0.3 is 199 Å². The first-order valence-electron chi connectivity index (χ1n) is 11.2. The van der Waals surface area contributed by atoms with Gasteiger partial charge in [-0.2, -0.15) is 0 Å². The van der Waals surface area contributed by atoms with Gasteiger partial charge < -0.3 is 0 Å². The average molecular weight is 552 g/mol. The number of hydrogen-bond acceptors (Lipinski definition) is 1. The SMILES string of the molecule is COc1c(C(C)(C)C)cc(-c2c3c(cc4c2CCC4)[CH]([Zr])C(C)=C3)cc1C(C)(C)C.Cl.Cl. The van der Waals surface area contributed by atoms with E-state index in [0.717, 1.165) is 5.75 Å². The van der Waals surface area contributed by atoms with Crippen LogP contribution in [-0.4, -0.2) is 7.11 Å². The summed E-state index contributed by atoms with van der Waals surface area (Å²) in [7, 11) is 1.83. The molecule has 1 unspecified atom stereocenters. The smallest absolute Gasteiger partial charge is 0.147 e. The summed E-state index contributed by atoms with van der Waals surface area (Å²) in [5, 5.41) is 0. The molecule has 32 heavy (non-hydrogen) atoms. The Hall–Kier alpha value is -0.557. The van der Waals surface area contributed by atoms with Crippen LogP contribution in [0, 0.1) is 0 Å². The Balaban J connectivity index is 0.00000181. The molecule has 4 heteroatoms. The van der Waals surface area contributed by atoms with Crippen LogP contribution in [0.1, 0.15) is 91.9 Å². The Kier molecular flexibility index (Phi) is 8.30. The monoisotopic (exact) mass is 549 g/mol. The molecule has 0 heterocycles. The van der Waals surface area contributed by atoms with Crippen molar-refractivity contribution in [3.8, 4) is 16.9 Å². The van der Waals surface area contributed by atoms with E-state index in [1.807, 2.05) is 7.11 Å². The largest absolute Gasteiger partial charge is 0.147 e. The molecule has 1 atom stereocenters. The Labute approximate surface area is 222 Å². The number of fused-ring (bicyclic) bond motifs is 2. The summed E-state index contributed by atoms with van der Waals surface area (Å²) in [6, 6.07) is 7.40. The van der Waals surface area contributed by atoms with Crippen molar-refractivity contribution in [3.05, 3.63) is 57.2 Å². The van der Waals surface area contributed by atoms with Crippen LogP contribution in [0.2, 0.25) is 0 Å². The molecule has 2 aromatic rings. The van der Waals surface area contributed by atoms with Crippen molar-refractivity contribution >= 4 is 30.9 Å². The second kappa shape index (κ2) is 9.60. The molecule has 0 saturated heterocycles. The molecule has 0 spiro atoms. The first kappa shape index (κ1) is 27.7. The Morgan fingerprint density at radius 1 is 0.906 bits per heavy atom. The zero-order valence-corrected chi connectivity index (χ0v) is 24.8. The molecular weight excluding hydrogens is 514 g/mol. The van der Waals surface area contributed by atoms with E-state index in [1.54, 1.807) is 41.4 Å². The van der Waals surface area contributed by atoms with Gasteiger partial charge in [0.05, 0.1) is 0 Å². The third-order valence-electron chi connectivity index (χ3n) is 6.81. The van der Waals surface area contributed by atoms with Crippen LogP contribution in [0.25, 0.3) is 17.2 Å². The fourth-order valence-electron chi connectivity index (χ4n) is 5.17. The standard InChI is InChI=1S/C28H35O.2ClH.Zr/c1-17-12-19-14-18-10-9-11-21(18)25(22(19)13-17)20-15-23(27(2,3)4)26(29-8)24(16-20)28(5,6)7;;;/h12-16H,9-11H2,1-8H3;2*1H;. The molecule has 1 nitrogen and oxygen atoms in total. The molecule has 0 aromatic heterocycles. The zero-order chi connectivity index (χ0) is 22.0. The molecular formula is C28H37Cl2OZr. The average Bonchev–Trinajstić information content (AvgIpc) is 3.22. The number of ether oxygens (including phenoxy) is 1. The van der Waals surface area contributed by atoms with Crippen LogP contribution in [0.15, 0.2) is 23.8 Å². The van der Waals surface area contributed by atoms with Gasteiger partial charge in [0.1, 0.15) is 0 Å². The zero-order valence-electron chi connectivity index (χ0n) is 20.7. The number of rotatable bonds is 2. The van der Waals surface area contributed by atoms with Crippen LogP contribution in [0.5, 0.6) is 5.75 Å². The number of aryl methyl sites for hydroxylation is 1. The van der Waals surface area contributed by atoms with Crippen LogP contribution < -0.4 is 4.74 Å². The van der Waals surface area contributed by atoms with Gasteiger partial charge in [-0.15, -0.1) is 24.8 Å². The first-order valence-corrected chi connectivity index (χ1v) is 12.7. The van der Waals surface area contributed by atoms with Gasteiger partial charge in [0.15, 0.2) is 0 Å². The van der Waals surface area contributed by atoms with E-state index in [1.165, 1.54) is 52.7 Å². The van der Waals surface area contributed by atoms with Crippen LogP contribution in [-0.2, 0) is 48.4 Å². The van der Waals surface area contributed by atoms with E-state index in [0.29, 0.717) is 3.63 Å².